The summed E-state index contributed by atoms with van der Waals surface area (Å²) in [7, 11) is 0. The summed E-state index contributed by atoms with van der Waals surface area (Å²) in [5, 5.41) is 18.6. The van der Waals surface area contributed by atoms with Crippen molar-refractivity contribution in [2.75, 3.05) is 13.1 Å². The molecular formula is C13H17NO3. The molecule has 2 rings (SSSR count). The molecule has 4 nitrogen and oxygen atoms in total. The van der Waals surface area contributed by atoms with Crippen LogP contribution in [0.15, 0.2) is 18.2 Å². The first-order valence-electron chi connectivity index (χ1n) is 5.94. The van der Waals surface area contributed by atoms with Crippen LogP contribution >= 0.6 is 0 Å². The van der Waals surface area contributed by atoms with Gasteiger partial charge in [-0.15, -0.1) is 0 Å². The number of carbonyl (C=O) groups is 1. The molecule has 0 unspecified atom stereocenters. The van der Waals surface area contributed by atoms with E-state index < -0.39 is 5.97 Å². The van der Waals surface area contributed by atoms with Gasteiger partial charge in [-0.25, -0.2) is 4.79 Å². The maximum atomic E-state index is 10.9. The highest BCUT2D eigenvalue weighted by atomic mass is 16.4. The summed E-state index contributed by atoms with van der Waals surface area (Å²) in [4.78, 5) is 13.1. The van der Waals surface area contributed by atoms with Crippen molar-refractivity contribution in [3.63, 3.8) is 0 Å². The third kappa shape index (κ3) is 2.97. The van der Waals surface area contributed by atoms with Gasteiger partial charge in [0.15, 0.2) is 0 Å². The molecule has 0 atom stereocenters. The van der Waals surface area contributed by atoms with Crippen LogP contribution in [0.3, 0.4) is 0 Å². The molecule has 1 aromatic carbocycles. The van der Waals surface area contributed by atoms with Crippen LogP contribution in [0.1, 0.15) is 35.2 Å². The van der Waals surface area contributed by atoms with Crippen LogP contribution in [0.2, 0.25) is 0 Å². The quantitative estimate of drug-likeness (QED) is 0.842. The molecule has 1 aromatic rings. The summed E-state index contributed by atoms with van der Waals surface area (Å²) in [6.45, 7) is 2.68. The van der Waals surface area contributed by atoms with E-state index in [-0.39, 0.29) is 11.3 Å². The van der Waals surface area contributed by atoms with Gasteiger partial charge in [-0.1, -0.05) is 6.42 Å². The van der Waals surface area contributed by atoms with Crippen molar-refractivity contribution in [1.29, 1.82) is 0 Å². The summed E-state index contributed by atoms with van der Waals surface area (Å²) in [5.74, 6) is -0.773. The van der Waals surface area contributed by atoms with E-state index >= 15 is 0 Å². The second-order valence-electron chi connectivity index (χ2n) is 4.49. The van der Waals surface area contributed by atoms with Crippen LogP contribution in [0, 0.1) is 0 Å². The number of rotatable bonds is 3. The van der Waals surface area contributed by atoms with E-state index in [2.05, 4.69) is 4.90 Å². The van der Waals surface area contributed by atoms with E-state index in [4.69, 9.17) is 5.11 Å². The third-order valence-electron chi connectivity index (χ3n) is 3.17. The first-order valence-corrected chi connectivity index (χ1v) is 5.94. The second kappa shape index (κ2) is 5.19. The molecule has 0 aromatic heterocycles. The van der Waals surface area contributed by atoms with Crippen LogP contribution in [0.25, 0.3) is 0 Å². The highest BCUT2D eigenvalue weighted by Gasteiger charge is 2.14. The molecule has 1 aliphatic rings. The summed E-state index contributed by atoms with van der Waals surface area (Å²) in [6, 6.07) is 4.45. The Morgan fingerprint density at radius 1 is 1.24 bits per heavy atom. The minimum absolute atomic E-state index is 0.181. The van der Waals surface area contributed by atoms with Crippen LogP contribution in [-0.4, -0.2) is 34.2 Å². The molecule has 0 aliphatic carbocycles. The second-order valence-corrected chi connectivity index (χ2v) is 4.49. The number of piperidine rings is 1. The van der Waals surface area contributed by atoms with Gasteiger partial charge in [0.2, 0.25) is 0 Å². The van der Waals surface area contributed by atoms with Crippen molar-refractivity contribution in [2.24, 2.45) is 0 Å². The van der Waals surface area contributed by atoms with Crippen LogP contribution in [0.4, 0.5) is 0 Å². The number of likely N-dealkylation sites (tertiary alicyclic amines) is 1. The lowest BCUT2D eigenvalue weighted by molar-refractivity contribution is 0.0696. The molecule has 1 fully saturated rings. The van der Waals surface area contributed by atoms with Crippen molar-refractivity contribution in [2.45, 2.75) is 25.8 Å². The van der Waals surface area contributed by atoms with Crippen molar-refractivity contribution in [3.8, 4) is 5.75 Å². The van der Waals surface area contributed by atoms with Gasteiger partial charge in [-0.2, -0.15) is 0 Å². The topological polar surface area (TPSA) is 60.8 Å². The lowest BCUT2D eigenvalue weighted by atomic mass is 10.1. The Balaban J connectivity index is 2.13. The lowest BCUT2D eigenvalue weighted by Crippen LogP contribution is -2.29. The summed E-state index contributed by atoms with van der Waals surface area (Å²) >= 11 is 0. The van der Waals surface area contributed by atoms with Crippen LogP contribution in [0.5, 0.6) is 5.75 Å². The van der Waals surface area contributed by atoms with Gasteiger partial charge in [-0.3, -0.25) is 4.90 Å². The number of nitrogens with zero attached hydrogens (tertiary/aromatic N) is 1. The molecule has 0 spiro atoms. The highest BCUT2D eigenvalue weighted by Crippen LogP contribution is 2.22. The molecule has 92 valence electrons. The normalized spacial score (nSPS) is 16.9. The molecule has 0 bridgehead atoms. The van der Waals surface area contributed by atoms with Gasteiger partial charge in [-0.05, 0) is 44.1 Å². The Morgan fingerprint density at radius 3 is 2.59 bits per heavy atom. The number of phenols is 1. The minimum Gasteiger partial charge on any atom is -0.508 e. The summed E-state index contributed by atoms with van der Waals surface area (Å²) in [6.07, 6.45) is 3.62. The number of phenolic OH excluding ortho intramolecular Hbond substituents is 1. The monoisotopic (exact) mass is 235 g/mol. The molecule has 17 heavy (non-hydrogen) atoms. The van der Waals surface area contributed by atoms with E-state index in [0.717, 1.165) is 13.1 Å². The van der Waals surface area contributed by atoms with Gasteiger partial charge in [0, 0.05) is 12.1 Å². The summed E-state index contributed by atoms with van der Waals surface area (Å²) in [5.41, 5.74) is 0.932. The minimum atomic E-state index is -0.954. The zero-order valence-corrected chi connectivity index (χ0v) is 9.72. The Hall–Kier alpha value is -1.55. The fourth-order valence-electron chi connectivity index (χ4n) is 2.20. The number of aromatic hydroxyl groups is 1. The van der Waals surface area contributed by atoms with Gasteiger partial charge in [0.05, 0.1) is 5.56 Å². The van der Waals surface area contributed by atoms with Gasteiger partial charge in [0.25, 0.3) is 0 Å². The van der Waals surface area contributed by atoms with E-state index in [1.165, 1.54) is 31.4 Å². The number of hydrogen-bond donors (Lipinski definition) is 2. The van der Waals surface area contributed by atoms with Gasteiger partial charge in [0.1, 0.15) is 5.75 Å². The van der Waals surface area contributed by atoms with Crippen LogP contribution in [-0.2, 0) is 6.54 Å². The van der Waals surface area contributed by atoms with E-state index in [9.17, 15) is 9.90 Å². The number of carboxylic acids is 1. The maximum absolute atomic E-state index is 10.9. The SMILES string of the molecule is O=C(O)c1ccc(O)c(CN2CCCCC2)c1. The Kier molecular flexibility index (Phi) is 3.64. The van der Waals surface area contributed by atoms with Gasteiger partial charge >= 0.3 is 5.97 Å². The largest absolute Gasteiger partial charge is 0.508 e. The van der Waals surface area contributed by atoms with E-state index in [1.54, 1.807) is 6.07 Å². The fraction of sp³-hybridized carbons (Fsp3) is 0.462. The Bertz CT molecular complexity index is 411. The number of carboxylic acid groups (broad SMARTS) is 1. The highest BCUT2D eigenvalue weighted by molar-refractivity contribution is 5.88. The molecule has 4 heteroatoms. The standard InChI is InChI=1S/C13H17NO3/c15-12-5-4-10(13(16)17)8-11(12)9-14-6-2-1-3-7-14/h4-5,8,15H,1-3,6-7,9H2,(H,16,17). The Labute approximate surface area is 100 Å². The maximum Gasteiger partial charge on any atom is 0.335 e. The van der Waals surface area contributed by atoms with Crippen molar-refractivity contribution in [1.82, 2.24) is 4.90 Å². The number of hydrogen-bond acceptors (Lipinski definition) is 3. The number of aromatic carboxylic acids is 1. The first kappa shape index (κ1) is 11.9. The van der Waals surface area contributed by atoms with Crippen molar-refractivity contribution in [3.05, 3.63) is 29.3 Å². The molecular weight excluding hydrogens is 218 g/mol. The zero-order valence-electron chi connectivity index (χ0n) is 9.72. The zero-order chi connectivity index (χ0) is 12.3. The predicted octanol–water partition coefficient (Wildman–Crippen LogP) is 2.08. The fourth-order valence-corrected chi connectivity index (χ4v) is 2.20. The molecule has 1 heterocycles. The van der Waals surface area contributed by atoms with Crippen molar-refractivity contribution < 1.29 is 15.0 Å². The van der Waals surface area contributed by atoms with Gasteiger partial charge < -0.3 is 10.2 Å². The van der Waals surface area contributed by atoms with Crippen molar-refractivity contribution >= 4 is 5.97 Å². The summed E-state index contributed by atoms with van der Waals surface area (Å²) < 4.78 is 0. The van der Waals surface area contributed by atoms with Crippen LogP contribution < -0.4 is 0 Å². The molecule has 1 saturated heterocycles. The lowest BCUT2D eigenvalue weighted by Gasteiger charge is -2.26. The average molecular weight is 235 g/mol. The molecule has 0 amide bonds. The number of benzene rings is 1. The molecule has 2 N–H and O–H groups in total. The molecule has 0 saturated carbocycles. The average Bonchev–Trinajstić information content (AvgIpc) is 2.33. The third-order valence-corrected chi connectivity index (χ3v) is 3.17. The predicted molar refractivity (Wildman–Crippen MR) is 64.2 cm³/mol. The Morgan fingerprint density at radius 2 is 1.94 bits per heavy atom. The molecule has 1 aliphatic heterocycles. The first-order chi connectivity index (χ1) is 8.16. The molecule has 0 radical (unpaired) electrons. The van der Waals surface area contributed by atoms with E-state index in [0.29, 0.717) is 12.1 Å². The van der Waals surface area contributed by atoms with E-state index in [1.807, 2.05) is 0 Å². The smallest absolute Gasteiger partial charge is 0.335 e.